The maximum Gasteiger partial charge on any atom is 0.226 e. The number of nitrogens with one attached hydrogen (secondary N) is 3. The van der Waals surface area contributed by atoms with Crippen LogP contribution in [0.1, 0.15) is 71.2 Å². The summed E-state index contributed by atoms with van der Waals surface area (Å²) in [5.74, 6) is 2.17. The van der Waals surface area contributed by atoms with Crippen LogP contribution in [-0.2, 0) is 12.8 Å². The fourth-order valence-corrected chi connectivity index (χ4v) is 3.49. The maximum atomic E-state index is 4.80. The van der Waals surface area contributed by atoms with Gasteiger partial charge in [0, 0.05) is 41.8 Å². The minimum atomic E-state index is -0.135. The van der Waals surface area contributed by atoms with E-state index in [0.29, 0.717) is 30.9 Å². The second kappa shape index (κ2) is 10.6. The number of hydrogen-bond acceptors (Lipinski definition) is 6. The fourth-order valence-electron chi connectivity index (χ4n) is 3.49. The standard InChI is InChI=1S/C27H38N6/c1-18(2)28-22-12-8-20(9-13-22)16-24-30-25(32-26(31-24)33-27(5,6)7)17-21-10-14-23(15-11-21)29-19(3)4/h8-15,18-19,28-29H,16-17H2,1-7H3,(H,30,31,32,33). The van der Waals surface area contributed by atoms with E-state index in [1.165, 1.54) is 11.1 Å². The van der Waals surface area contributed by atoms with Gasteiger partial charge in [-0.1, -0.05) is 24.3 Å². The highest BCUT2D eigenvalue weighted by Gasteiger charge is 2.15. The number of benzene rings is 2. The van der Waals surface area contributed by atoms with Gasteiger partial charge in [0.25, 0.3) is 0 Å². The third-order valence-electron chi connectivity index (χ3n) is 4.76. The Labute approximate surface area is 198 Å². The molecule has 0 fully saturated rings. The van der Waals surface area contributed by atoms with Gasteiger partial charge in [-0.3, -0.25) is 0 Å². The van der Waals surface area contributed by atoms with E-state index in [4.69, 9.17) is 15.0 Å². The topological polar surface area (TPSA) is 74.8 Å². The Morgan fingerprint density at radius 1 is 0.636 bits per heavy atom. The van der Waals surface area contributed by atoms with Crippen molar-refractivity contribution in [1.29, 1.82) is 0 Å². The third kappa shape index (κ3) is 8.37. The molecule has 0 aliphatic rings. The molecule has 3 N–H and O–H groups in total. The molecule has 33 heavy (non-hydrogen) atoms. The van der Waals surface area contributed by atoms with Crippen molar-refractivity contribution in [1.82, 2.24) is 15.0 Å². The quantitative estimate of drug-likeness (QED) is 0.380. The van der Waals surface area contributed by atoms with Crippen LogP contribution in [0.2, 0.25) is 0 Å². The number of anilines is 3. The first-order valence-corrected chi connectivity index (χ1v) is 11.8. The molecule has 0 amide bonds. The van der Waals surface area contributed by atoms with Gasteiger partial charge in [-0.2, -0.15) is 9.97 Å². The van der Waals surface area contributed by atoms with Gasteiger partial charge in [0.2, 0.25) is 5.95 Å². The molecule has 0 bridgehead atoms. The third-order valence-corrected chi connectivity index (χ3v) is 4.76. The van der Waals surface area contributed by atoms with Crippen molar-refractivity contribution in [3.05, 3.63) is 71.3 Å². The second-order valence-corrected chi connectivity index (χ2v) is 10.2. The number of hydrogen-bond donors (Lipinski definition) is 3. The minimum absolute atomic E-state index is 0.135. The van der Waals surface area contributed by atoms with Gasteiger partial charge < -0.3 is 16.0 Å². The monoisotopic (exact) mass is 446 g/mol. The Bertz CT molecular complexity index is 944. The highest BCUT2D eigenvalue weighted by Crippen LogP contribution is 2.17. The number of aromatic nitrogens is 3. The highest BCUT2D eigenvalue weighted by atomic mass is 15.2. The second-order valence-electron chi connectivity index (χ2n) is 10.2. The zero-order chi connectivity index (χ0) is 24.0. The lowest BCUT2D eigenvalue weighted by atomic mass is 10.1. The molecule has 2 aromatic carbocycles. The van der Waals surface area contributed by atoms with E-state index in [0.717, 1.165) is 23.0 Å². The van der Waals surface area contributed by atoms with E-state index in [1.807, 2.05) is 0 Å². The molecule has 0 spiro atoms. The van der Waals surface area contributed by atoms with Crippen molar-refractivity contribution in [3.63, 3.8) is 0 Å². The highest BCUT2D eigenvalue weighted by molar-refractivity contribution is 5.46. The molecule has 6 heteroatoms. The Hall–Kier alpha value is -3.15. The van der Waals surface area contributed by atoms with Gasteiger partial charge in [-0.05, 0) is 83.9 Å². The van der Waals surface area contributed by atoms with E-state index in [9.17, 15) is 0 Å². The van der Waals surface area contributed by atoms with Crippen molar-refractivity contribution in [2.75, 3.05) is 16.0 Å². The maximum absolute atomic E-state index is 4.80. The van der Waals surface area contributed by atoms with Crippen LogP contribution in [0.3, 0.4) is 0 Å². The largest absolute Gasteiger partial charge is 0.383 e. The summed E-state index contributed by atoms with van der Waals surface area (Å²) in [7, 11) is 0. The average molecular weight is 447 g/mol. The summed E-state index contributed by atoms with van der Waals surface area (Å²) >= 11 is 0. The van der Waals surface area contributed by atoms with E-state index in [2.05, 4.69) is 113 Å². The Morgan fingerprint density at radius 3 is 1.36 bits per heavy atom. The molecule has 0 saturated heterocycles. The molecule has 1 aromatic heterocycles. The molecule has 1 heterocycles. The van der Waals surface area contributed by atoms with Crippen molar-refractivity contribution in [2.24, 2.45) is 0 Å². The van der Waals surface area contributed by atoms with Crippen LogP contribution in [0.15, 0.2) is 48.5 Å². The van der Waals surface area contributed by atoms with Gasteiger partial charge in [-0.25, -0.2) is 4.98 Å². The first-order chi connectivity index (χ1) is 15.6. The zero-order valence-electron chi connectivity index (χ0n) is 21.0. The SMILES string of the molecule is CC(C)Nc1ccc(Cc2nc(Cc3ccc(NC(C)C)cc3)nc(NC(C)(C)C)n2)cc1. The number of rotatable bonds is 9. The van der Waals surface area contributed by atoms with Gasteiger partial charge in [0.05, 0.1) is 0 Å². The summed E-state index contributed by atoms with van der Waals surface area (Å²) in [6.45, 7) is 14.9. The molecule has 3 rings (SSSR count). The fraction of sp³-hybridized carbons (Fsp3) is 0.444. The van der Waals surface area contributed by atoms with E-state index in [1.54, 1.807) is 0 Å². The van der Waals surface area contributed by atoms with E-state index in [-0.39, 0.29) is 5.54 Å². The van der Waals surface area contributed by atoms with Crippen LogP contribution in [0.5, 0.6) is 0 Å². The normalized spacial score (nSPS) is 11.7. The van der Waals surface area contributed by atoms with Crippen LogP contribution in [0.4, 0.5) is 17.3 Å². The van der Waals surface area contributed by atoms with Crippen molar-refractivity contribution >= 4 is 17.3 Å². The Kier molecular flexibility index (Phi) is 7.90. The van der Waals surface area contributed by atoms with Crippen LogP contribution in [0.25, 0.3) is 0 Å². The van der Waals surface area contributed by atoms with E-state index < -0.39 is 0 Å². The average Bonchev–Trinajstić information content (AvgIpc) is 2.69. The molecule has 176 valence electrons. The summed E-state index contributed by atoms with van der Waals surface area (Å²) in [5.41, 5.74) is 4.45. The molecular weight excluding hydrogens is 408 g/mol. The molecule has 0 atom stereocenters. The lowest BCUT2D eigenvalue weighted by molar-refractivity contribution is 0.622. The molecule has 0 aliphatic carbocycles. The first-order valence-electron chi connectivity index (χ1n) is 11.8. The van der Waals surface area contributed by atoms with Crippen LogP contribution < -0.4 is 16.0 Å². The smallest absolute Gasteiger partial charge is 0.226 e. The van der Waals surface area contributed by atoms with Crippen LogP contribution >= 0.6 is 0 Å². The number of nitrogens with zero attached hydrogens (tertiary/aromatic N) is 3. The van der Waals surface area contributed by atoms with E-state index >= 15 is 0 Å². The van der Waals surface area contributed by atoms with Crippen LogP contribution in [-0.4, -0.2) is 32.6 Å². The molecule has 0 aliphatic heterocycles. The lowest BCUT2D eigenvalue weighted by Crippen LogP contribution is -2.28. The molecule has 0 radical (unpaired) electrons. The molecular formula is C27H38N6. The molecule has 0 saturated carbocycles. The predicted octanol–water partition coefficient (Wildman–Crippen LogP) is 5.90. The van der Waals surface area contributed by atoms with Crippen molar-refractivity contribution in [3.8, 4) is 0 Å². The molecule has 0 unspecified atom stereocenters. The predicted molar refractivity (Wildman–Crippen MR) is 139 cm³/mol. The Morgan fingerprint density at radius 2 is 1.03 bits per heavy atom. The van der Waals surface area contributed by atoms with Crippen LogP contribution in [0, 0.1) is 0 Å². The van der Waals surface area contributed by atoms with Crippen molar-refractivity contribution < 1.29 is 0 Å². The summed E-state index contributed by atoms with van der Waals surface area (Å²) in [6.07, 6.45) is 1.32. The van der Waals surface area contributed by atoms with Gasteiger partial charge >= 0.3 is 0 Å². The summed E-state index contributed by atoms with van der Waals surface area (Å²) in [6, 6.07) is 17.8. The summed E-state index contributed by atoms with van der Waals surface area (Å²) < 4.78 is 0. The molecule has 3 aromatic rings. The summed E-state index contributed by atoms with van der Waals surface area (Å²) in [5, 5.41) is 10.3. The van der Waals surface area contributed by atoms with Gasteiger partial charge in [-0.15, -0.1) is 0 Å². The first kappa shape index (κ1) is 24.5. The van der Waals surface area contributed by atoms with Gasteiger partial charge in [0.1, 0.15) is 11.6 Å². The molecule has 6 nitrogen and oxygen atoms in total. The van der Waals surface area contributed by atoms with Crippen molar-refractivity contribution in [2.45, 2.75) is 78.9 Å². The van der Waals surface area contributed by atoms with Gasteiger partial charge in [0.15, 0.2) is 0 Å². The summed E-state index contributed by atoms with van der Waals surface area (Å²) in [4.78, 5) is 14.2. The minimum Gasteiger partial charge on any atom is -0.383 e. The zero-order valence-corrected chi connectivity index (χ0v) is 21.0. The lowest BCUT2D eigenvalue weighted by Gasteiger charge is -2.21. The Balaban J connectivity index is 1.81.